The fourth-order valence-corrected chi connectivity index (χ4v) is 4.01. The molecule has 0 bridgehead atoms. The van der Waals surface area contributed by atoms with Crippen LogP contribution in [0.25, 0.3) is 0 Å². The Morgan fingerprint density at radius 1 is 1.38 bits per heavy atom. The normalized spacial score (nSPS) is 19.6. The highest BCUT2D eigenvalue weighted by atomic mass is 79.9. The number of halogens is 1. The third-order valence-electron chi connectivity index (χ3n) is 4.24. The fraction of sp³-hybridized carbons (Fsp3) is 0.333. The van der Waals surface area contributed by atoms with Crippen molar-refractivity contribution < 1.29 is 14.7 Å². The molecule has 6 heteroatoms. The van der Waals surface area contributed by atoms with E-state index in [1.54, 1.807) is 23.1 Å². The number of carbonyl (C=O) groups excluding carboxylic acids is 2. The lowest BCUT2D eigenvalue weighted by Crippen LogP contribution is -2.42. The molecular formula is C18H18BrNO3S. The van der Waals surface area contributed by atoms with Gasteiger partial charge in [-0.15, -0.1) is 11.3 Å². The Balaban J connectivity index is 1.99. The molecule has 0 fully saturated rings. The maximum absolute atomic E-state index is 12.9. The molecule has 1 aliphatic heterocycles. The molecule has 0 aliphatic carbocycles. The second-order valence-electron chi connectivity index (χ2n) is 5.91. The van der Waals surface area contributed by atoms with Crippen LogP contribution in [0.1, 0.15) is 41.4 Å². The predicted octanol–water partition coefficient (Wildman–Crippen LogP) is 4.12. The molecule has 0 spiro atoms. The van der Waals surface area contributed by atoms with E-state index in [0.717, 1.165) is 17.3 Å². The van der Waals surface area contributed by atoms with Crippen LogP contribution in [0.3, 0.4) is 0 Å². The molecule has 4 nitrogen and oxygen atoms in total. The van der Waals surface area contributed by atoms with Crippen LogP contribution in [0.2, 0.25) is 0 Å². The standard InChI is InChI=1S/C18H18BrNO3S/c1-2-3-8-20-14-7-6-12(19)10-13(14)18(23,17(20)22)11-15(21)16-5-4-9-24-16/h4-7,9-10,23H,2-3,8,11H2,1H3/t18-/m0/s1. The average Bonchev–Trinajstić information content (AvgIpc) is 3.15. The number of hydrogen-bond donors (Lipinski definition) is 1. The summed E-state index contributed by atoms with van der Waals surface area (Å²) in [5.74, 6) is -0.627. The van der Waals surface area contributed by atoms with Gasteiger partial charge >= 0.3 is 0 Å². The van der Waals surface area contributed by atoms with Crippen molar-refractivity contribution in [3.8, 4) is 0 Å². The van der Waals surface area contributed by atoms with E-state index in [4.69, 9.17) is 0 Å². The highest BCUT2D eigenvalue weighted by molar-refractivity contribution is 9.10. The summed E-state index contributed by atoms with van der Waals surface area (Å²) in [4.78, 5) is 27.6. The van der Waals surface area contributed by atoms with Crippen LogP contribution in [-0.2, 0) is 10.4 Å². The molecule has 0 saturated heterocycles. The number of ketones is 1. The van der Waals surface area contributed by atoms with Gasteiger partial charge in [0, 0.05) is 16.6 Å². The Morgan fingerprint density at radius 3 is 2.83 bits per heavy atom. The van der Waals surface area contributed by atoms with E-state index in [1.165, 1.54) is 11.3 Å². The summed E-state index contributed by atoms with van der Waals surface area (Å²) in [7, 11) is 0. The second-order valence-corrected chi connectivity index (χ2v) is 7.77. The zero-order valence-corrected chi connectivity index (χ0v) is 15.7. The Labute approximate surface area is 153 Å². The molecule has 3 rings (SSSR count). The number of aliphatic hydroxyl groups is 1. The summed E-state index contributed by atoms with van der Waals surface area (Å²) in [6.07, 6.45) is 1.55. The molecule has 1 aliphatic rings. The number of anilines is 1. The number of amides is 1. The third-order valence-corrected chi connectivity index (χ3v) is 5.65. The van der Waals surface area contributed by atoms with Gasteiger partial charge in [-0.05, 0) is 36.1 Å². The van der Waals surface area contributed by atoms with E-state index < -0.39 is 11.5 Å². The van der Waals surface area contributed by atoms with Gasteiger partial charge < -0.3 is 10.0 Å². The van der Waals surface area contributed by atoms with Crippen LogP contribution in [-0.4, -0.2) is 23.3 Å². The van der Waals surface area contributed by atoms with Crippen molar-refractivity contribution >= 4 is 44.6 Å². The molecule has 2 heterocycles. The van der Waals surface area contributed by atoms with Crippen LogP contribution in [0, 0.1) is 0 Å². The predicted molar refractivity (Wildman–Crippen MR) is 98.6 cm³/mol. The molecule has 126 valence electrons. The zero-order valence-electron chi connectivity index (χ0n) is 13.3. The lowest BCUT2D eigenvalue weighted by atomic mass is 9.89. The van der Waals surface area contributed by atoms with Gasteiger partial charge in [0.1, 0.15) is 0 Å². The van der Waals surface area contributed by atoms with Gasteiger partial charge in [0.2, 0.25) is 0 Å². The van der Waals surface area contributed by atoms with E-state index in [-0.39, 0.29) is 12.2 Å². The summed E-state index contributed by atoms with van der Waals surface area (Å²) < 4.78 is 0.772. The highest BCUT2D eigenvalue weighted by Crippen LogP contribution is 2.44. The summed E-state index contributed by atoms with van der Waals surface area (Å²) in [5.41, 5.74) is -0.602. The van der Waals surface area contributed by atoms with Crippen molar-refractivity contribution in [3.63, 3.8) is 0 Å². The number of rotatable bonds is 6. The third kappa shape index (κ3) is 2.94. The van der Waals surface area contributed by atoms with Crippen molar-refractivity contribution in [2.75, 3.05) is 11.4 Å². The summed E-state index contributed by atoms with van der Waals surface area (Å²) in [6.45, 7) is 2.59. The first-order valence-electron chi connectivity index (χ1n) is 7.88. The molecule has 0 unspecified atom stereocenters. The smallest absolute Gasteiger partial charge is 0.264 e. The van der Waals surface area contributed by atoms with Crippen molar-refractivity contribution in [1.29, 1.82) is 0 Å². The van der Waals surface area contributed by atoms with Crippen LogP contribution >= 0.6 is 27.3 Å². The van der Waals surface area contributed by atoms with Crippen LogP contribution in [0.5, 0.6) is 0 Å². The molecule has 1 aromatic heterocycles. The Morgan fingerprint density at radius 2 is 2.17 bits per heavy atom. The van der Waals surface area contributed by atoms with Crippen molar-refractivity contribution in [3.05, 3.63) is 50.6 Å². The number of nitrogens with zero attached hydrogens (tertiary/aromatic N) is 1. The Kier molecular flexibility index (Phi) is 4.90. The van der Waals surface area contributed by atoms with Gasteiger partial charge in [-0.3, -0.25) is 9.59 Å². The number of unbranched alkanes of at least 4 members (excludes halogenated alkanes) is 1. The molecule has 1 N–H and O–H groups in total. The molecule has 0 radical (unpaired) electrons. The second kappa shape index (κ2) is 6.78. The molecular weight excluding hydrogens is 390 g/mol. The first-order chi connectivity index (χ1) is 11.5. The summed E-state index contributed by atoms with van der Waals surface area (Å²) in [6, 6.07) is 8.91. The van der Waals surface area contributed by atoms with Gasteiger partial charge in [-0.2, -0.15) is 0 Å². The molecule has 24 heavy (non-hydrogen) atoms. The SMILES string of the molecule is CCCCN1C(=O)[C@](O)(CC(=O)c2cccs2)c2cc(Br)ccc21. The first kappa shape index (κ1) is 17.3. The van der Waals surface area contributed by atoms with E-state index >= 15 is 0 Å². The first-order valence-corrected chi connectivity index (χ1v) is 9.55. The minimum atomic E-state index is -1.80. The van der Waals surface area contributed by atoms with Crippen molar-refractivity contribution in [2.24, 2.45) is 0 Å². The van der Waals surface area contributed by atoms with E-state index in [1.807, 2.05) is 17.5 Å². The quantitative estimate of drug-likeness (QED) is 0.732. The van der Waals surface area contributed by atoms with Gasteiger partial charge in [-0.25, -0.2) is 0 Å². The fourth-order valence-electron chi connectivity index (χ4n) is 2.99. The summed E-state index contributed by atoms with van der Waals surface area (Å²) >= 11 is 4.71. The number of thiophene rings is 1. The van der Waals surface area contributed by atoms with Gasteiger partial charge in [0.25, 0.3) is 5.91 Å². The topological polar surface area (TPSA) is 57.6 Å². The number of benzene rings is 1. The maximum atomic E-state index is 12.9. The Bertz CT molecular complexity index is 775. The molecule has 2 aromatic rings. The minimum absolute atomic E-state index is 0.218. The lowest BCUT2D eigenvalue weighted by Gasteiger charge is -2.22. The molecule has 1 aromatic carbocycles. The monoisotopic (exact) mass is 407 g/mol. The van der Waals surface area contributed by atoms with Crippen LogP contribution in [0.4, 0.5) is 5.69 Å². The molecule has 1 atom stereocenters. The van der Waals surface area contributed by atoms with Crippen LogP contribution < -0.4 is 4.90 Å². The van der Waals surface area contributed by atoms with Gasteiger partial charge in [0.05, 0.1) is 17.0 Å². The molecule has 0 saturated carbocycles. The van der Waals surface area contributed by atoms with Crippen molar-refractivity contribution in [2.45, 2.75) is 31.8 Å². The minimum Gasteiger partial charge on any atom is -0.375 e. The Hall–Kier alpha value is -1.50. The van der Waals surface area contributed by atoms with Crippen molar-refractivity contribution in [1.82, 2.24) is 0 Å². The number of fused-ring (bicyclic) bond motifs is 1. The van der Waals surface area contributed by atoms with E-state index in [9.17, 15) is 14.7 Å². The van der Waals surface area contributed by atoms with Gasteiger partial charge in [0.15, 0.2) is 11.4 Å². The maximum Gasteiger partial charge on any atom is 0.264 e. The number of hydrogen-bond acceptors (Lipinski definition) is 4. The highest BCUT2D eigenvalue weighted by Gasteiger charge is 2.50. The average molecular weight is 408 g/mol. The summed E-state index contributed by atoms with van der Waals surface area (Å²) in [5, 5.41) is 13.0. The number of Topliss-reactive ketones (excluding diaryl/α,β-unsaturated/α-hetero) is 1. The van der Waals surface area contributed by atoms with Crippen LogP contribution in [0.15, 0.2) is 40.2 Å². The largest absolute Gasteiger partial charge is 0.375 e. The van der Waals surface area contributed by atoms with E-state index in [2.05, 4.69) is 22.9 Å². The van der Waals surface area contributed by atoms with E-state index in [0.29, 0.717) is 22.7 Å². The lowest BCUT2D eigenvalue weighted by molar-refractivity contribution is -0.135. The molecule has 1 amide bonds. The zero-order chi connectivity index (χ0) is 17.3. The van der Waals surface area contributed by atoms with Gasteiger partial charge in [-0.1, -0.05) is 35.3 Å². The number of carbonyl (C=O) groups is 2.